The fourth-order valence-corrected chi connectivity index (χ4v) is 2.29. The van der Waals surface area contributed by atoms with Crippen molar-refractivity contribution >= 4 is 17.7 Å². The van der Waals surface area contributed by atoms with Crippen molar-refractivity contribution in [3.8, 4) is 0 Å². The lowest BCUT2D eigenvalue weighted by Crippen LogP contribution is -2.42. The molecule has 0 saturated carbocycles. The number of anilines is 1. The van der Waals surface area contributed by atoms with Crippen LogP contribution in [-0.2, 0) is 9.53 Å². The van der Waals surface area contributed by atoms with Gasteiger partial charge in [0.05, 0.1) is 18.6 Å². The molecule has 0 radical (unpaired) electrons. The van der Waals surface area contributed by atoms with Gasteiger partial charge in [0, 0.05) is 19.3 Å². The molecule has 1 saturated heterocycles. The molecule has 1 aromatic rings. The second-order valence-electron chi connectivity index (χ2n) is 4.55. The number of likely N-dealkylation sites (tertiary alicyclic amines) is 1. The van der Waals surface area contributed by atoms with Crippen LogP contribution in [0.4, 0.5) is 5.82 Å². The summed E-state index contributed by atoms with van der Waals surface area (Å²) in [4.78, 5) is 29.4. The molecule has 1 aliphatic rings. The van der Waals surface area contributed by atoms with Gasteiger partial charge in [-0.05, 0) is 25.0 Å². The lowest BCUT2D eigenvalue weighted by Gasteiger charge is -2.31. The number of nitrogens with two attached hydrogens (primary N) is 1. The number of nitrogen functional groups attached to an aromatic ring is 1. The van der Waals surface area contributed by atoms with Gasteiger partial charge in [-0.1, -0.05) is 0 Å². The SMILES string of the molecule is COC(=O)C1CCCN(C(=O)c2cccnc2N)C1. The highest BCUT2D eigenvalue weighted by atomic mass is 16.5. The number of hydrogen-bond donors (Lipinski definition) is 1. The first kappa shape index (κ1) is 13.3. The fraction of sp³-hybridized carbons (Fsp3) is 0.462. The second-order valence-corrected chi connectivity index (χ2v) is 4.55. The van der Waals surface area contributed by atoms with Gasteiger partial charge >= 0.3 is 5.97 Å². The molecule has 1 atom stereocenters. The summed E-state index contributed by atoms with van der Waals surface area (Å²) in [7, 11) is 1.36. The quantitative estimate of drug-likeness (QED) is 0.793. The van der Waals surface area contributed by atoms with E-state index in [1.54, 1.807) is 23.2 Å². The maximum Gasteiger partial charge on any atom is 0.310 e. The Morgan fingerprint density at radius 1 is 1.53 bits per heavy atom. The van der Waals surface area contributed by atoms with E-state index < -0.39 is 0 Å². The van der Waals surface area contributed by atoms with Gasteiger partial charge in [0.2, 0.25) is 0 Å². The molecule has 0 bridgehead atoms. The molecule has 0 spiro atoms. The topological polar surface area (TPSA) is 85.5 Å². The van der Waals surface area contributed by atoms with Gasteiger partial charge in [0.25, 0.3) is 5.91 Å². The van der Waals surface area contributed by atoms with Crippen LogP contribution in [0.5, 0.6) is 0 Å². The number of aromatic nitrogens is 1. The van der Waals surface area contributed by atoms with E-state index in [9.17, 15) is 9.59 Å². The zero-order chi connectivity index (χ0) is 13.8. The van der Waals surface area contributed by atoms with Crippen LogP contribution >= 0.6 is 0 Å². The molecular weight excluding hydrogens is 246 g/mol. The molecule has 102 valence electrons. The van der Waals surface area contributed by atoms with Gasteiger partial charge in [-0.25, -0.2) is 4.98 Å². The third kappa shape index (κ3) is 2.83. The van der Waals surface area contributed by atoms with E-state index in [0.29, 0.717) is 18.7 Å². The number of pyridine rings is 1. The number of nitrogens with zero attached hydrogens (tertiary/aromatic N) is 2. The smallest absolute Gasteiger partial charge is 0.310 e. The Hall–Kier alpha value is -2.11. The number of carbonyl (C=O) groups excluding carboxylic acids is 2. The Labute approximate surface area is 111 Å². The van der Waals surface area contributed by atoms with Crippen molar-refractivity contribution in [2.75, 3.05) is 25.9 Å². The molecule has 19 heavy (non-hydrogen) atoms. The largest absolute Gasteiger partial charge is 0.469 e. The minimum atomic E-state index is -0.267. The number of methoxy groups -OCH3 is 1. The van der Waals surface area contributed by atoms with E-state index in [4.69, 9.17) is 10.5 Å². The van der Waals surface area contributed by atoms with Crippen molar-refractivity contribution in [1.29, 1.82) is 0 Å². The summed E-state index contributed by atoms with van der Waals surface area (Å²) in [6.07, 6.45) is 3.07. The van der Waals surface area contributed by atoms with E-state index in [1.165, 1.54) is 7.11 Å². The number of piperidine rings is 1. The first-order valence-electron chi connectivity index (χ1n) is 6.21. The highest BCUT2D eigenvalue weighted by Crippen LogP contribution is 2.20. The predicted octanol–water partition coefficient (Wildman–Crippen LogP) is 0.689. The van der Waals surface area contributed by atoms with E-state index in [1.807, 2.05) is 0 Å². The van der Waals surface area contributed by atoms with Crippen molar-refractivity contribution in [1.82, 2.24) is 9.88 Å². The second kappa shape index (κ2) is 5.69. The molecule has 6 heteroatoms. The normalized spacial score (nSPS) is 19.0. The van der Waals surface area contributed by atoms with Gasteiger partial charge in [-0.3, -0.25) is 9.59 Å². The summed E-state index contributed by atoms with van der Waals surface area (Å²) >= 11 is 0. The highest BCUT2D eigenvalue weighted by molar-refractivity contribution is 5.98. The van der Waals surface area contributed by atoms with E-state index in [2.05, 4.69) is 4.98 Å². The fourth-order valence-electron chi connectivity index (χ4n) is 2.29. The Bertz CT molecular complexity index is 490. The molecule has 2 heterocycles. The highest BCUT2D eigenvalue weighted by Gasteiger charge is 2.30. The number of ether oxygens (including phenoxy) is 1. The van der Waals surface area contributed by atoms with Crippen molar-refractivity contribution in [2.45, 2.75) is 12.8 Å². The zero-order valence-corrected chi connectivity index (χ0v) is 10.8. The van der Waals surface area contributed by atoms with Crippen molar-refractivity contribution in [3.63, 3.8) is 0 Å². The standard InChI is InChI=1S/C13H17N3O3/c1-19-13(18)9-4-3-7-16(8-9)12(17)10-5-2-6-15-11(10)14/h2,5-6,9H,3-4,7-8H2,1H3,(H2,14,15). The first-order chi connectivity index (χ1) is 9.13. The van der Waals surface area contributed by atoms with Crippen LogP contribution in [0, 0.1) is 5.92 Å². The third-order valence-corrected chi connectivity index (χ3v) is 3.31. The van der Waals surface area contributed by atoms with Crippen LogP contribution in [0.3, 0.4) is 0 Å². The van der Waals surface area contributed by atoms with Gasteiger partial charge < -0.3 is 15.4 Å². The molecule has 1 unspecified atom stereocenters. The summed E-state index contributed by atoms with van der Waals surface area (Å²) in [6.45, 7) is 1.00. The number of hydrogen-bond acceptors (Lipinski definition) is 5. The predicted molar refractivity (Wildman–Crippen MR) is 69.3 cm³/mol. The summed E-state index contributed by atoms with van der Waals surface area (Å²) in [5, 5.41) is 0. The molecule has 1 aliphatic heterocycles. The number of carbonyl (C=O) groups is 2. The Kier molecular flexibility index (Phi) is 3.99. The summed E-state index contributed by atoms with van der Waals surface area (Å²) in [5.41, 5.74) is 6.08. The summed E-state index contributed by atoms with van der Waals surface area (Å²) in [6, 6.07) is 3.32. The molecule has 1 amide bonds. The van der Waals surface area contributed by atoms with Crippen LogP contribution in [0.1, 0.15) is 23.2 Å². The molecule has 2 rings (SSSR count). The van der Waals surface area contributed by atoms with E-state index >= 15 is 0 Å². The minimum absolute atomic E-state index is 0.181. The maximum atomic E-state index is 12.3. The Balaban J connectivity index is 2.11. The molecule has 0 aliphatic carbocycles. The van der Waals surface area contributed by atoms with Crippen molar-refractivity contribution in [2.24, 2.45) is 5.92 Å². The number of amides is 1. The van der Waals surface area contributed by atoms with E-state index in [-0.39, 0.29) is 23.6 Å². The van der Waals surface area contributed by atoms with Gasteiger partial charge in [-0.15, -0.1) is 0 Å². The average molecular weight is 263 g/mol. The number of rotatable bonds is 2. The van der Waals surface area contributed by atoms with Crippen molar-refractivity contribution < 1.29 is 14.3 Å². The van der Waals surface area contributed by atoms with Gasteiger partial charge in [0.1, 0.15) is 5.82 Å². The van der Waals surface area contributed by atoms with Gasteiger partial charge in [-0.2, -0.15) is 0 Å². The van der Waals surface area contributed by atoms with Crippen molar-refractivity contribution in [3.05, 3.63) is 23.9 Å². The monoisotopic (exact) mass is 263 g/mol. The molecule has 2 N–H and O–H groups in total. The molecule has 6 nitrogen and oxygen atoms in total. The molecule has 1 aromatic heterocycles. The summed E-state index contributed by atoms with van der Waals surface area (Å²) < 4.78 is 4.73. The molecule has 1 fully saturated rings. The van der Waals surface area contributed by atoms with Crippen LogP contribution in [0.25, 0.3) is 0 Å². The lowest BCUT2D eigenvalue weighted by molar-refractivity contribution is -0.146. The minimum Gasteiger partial charge on any atom is -0.469 e. The molecular formula is C13H17N3O3. The van der Waals surface area contributed by atoms with Crippen LogP contribution < -0.4 is 5.73 Å². The van der Waals surface area contributed by atoms with Gasteiger partial charge in [0.15, 0.2) is 0 Å². The number of esters is 1. The zero-order valence-electron chi connectivity index (χ0n) is 10.8. The summed E-state index contributed by atoms with van der Waals surface area (Å²) in [5.74, 6) is -0.482. The van der Waals surface area contributed by atoms with Crippen LogP contribution in [-0.4, -0.2) is 42.0 Å². The van der Waals surface area contributed by atoms with Crippen LogP contribution in [0.2, 0.25) is 0 Å². The van der Waals surface area contributed by atoms with Crippen LogP contribution in [0.15, 0.2) is 18.3 Å². The average Bonchev–Trinajstić information content (AvgIpc) is 2.46. The molecule has 0 aromatic carbocycles. The maximum absolute atomic E-state index is 12.3. The first-order valence-corrected chi connectivity index (χ1v) is 6.21. The van der Waals surface area contributed by atoms with E-state index in [0.717, 1.165) is 12.8 Å². The Morgan fingerprint density at radius 3 is 3.00 bits per heavy atom. The Morgan fingerprint density at radius 2 is 2.32 bits per heavy atom. The third-order valence-electron chi connectivity index (χ3n) is 3.31. The lowest BCUT2D eigenvalue weighted by atomic mass is 9.97.